The fourth-order valence-electron chi connectivity index (χ4n) is 3.50. The van der Waals surface area contributed by atoms with Crippen LogP contribution in [0.5, 0.6) is 23.0 Å². The molecule has 0 bridgehead atoms. The topological polar surface area (TPSA) is 80.3 Å². The first-order chi connectivity index (χ1) is 18.1. The summed E-state index contributed by atoms with van der Waals surface area (Å²) in [5.41, 5.74) is 2.27. The van der Waals surface area contributed by atoms with Crippen molar-refractivity contribution >= 4 is 11.9 Å². The second kappa shape index (κ2) is 12.3. The Labute approximate surface area is 215 Å². The molecular weight excluding hydrogens is 472 g/mol. The van der Waals surface area contributed by atoms with Crippen molar-refractivity contribution in [1.82, 2.24) is 0 Å². The van der Waals surface area contributed by atoms with Crippen molar-refractivity contribution in [2.24, 2.45) is 0 Å². The van der Waals surface area contributed by atoms with Crippen molar-refractivity contribution in [3.05, 3.63) is 119 Å². The summed E-state index contributed by atoms with van der Waals surface area (Å²) < 4.78 is 27.4. The fraction of sp³-hybridized carbons (Fsp3) is 0.133. The van der Waals surface area contributed by atoms with Crippen LogP contribution in [0.1, 0.15) is 31.8 Å². The number of carbonyl (C=O) groups excluding carboxylic acids is 2. The highest BCUT2D eigenvalue weighted by Crippen LogP contribution is 2.31. The Bertz CT molecular complexity index is 1250. The van der Waals surface area contributed by atoms with Gasteiger partial charge in [0.05, 0.1) is 25.3 Å². The van der Waals surface area contributed by atoms with E-state index >= 15 is 0 Å². The molecule has 0 saturated heterocycles. The first-order valence-electron chi connectivity index (χ1n) is 11.5. The third kappa shape index (κ3) is 6.67. The molecule has 0 atom stereocenters. The standard InChI is InChI=1S/C30H26O7/c1-33-27-17-23(13-15-25(27)35-19-21-9-5-3-6-10-21)29(31)37-30(32)24-14-16-26(28(18-24)34-2)36-20-22-11-7-4-8-12-22/h3-18H,19-20H2,1-2H3. The number of rotatable bonds is 10. The Balaban J connectivity index is 1.40. The van der Waals surface area contributed by atoms with Gasteiger partial charge in [-0.05, 0) is 47.5 Å². The maximum absolute atomic E-state index is 12.7. The number of esters is 2. The summed E-state index contributed by atoms with van der Waals surface area (Å²) in [5, 5.41) is 0. The van der Waals surface area contributed by atoms with Crippen LogP contribution in [-0.4, -0.2) is 26.2 Å². The molecule has 4 aromatic carbocycles. The largest absolute Gasteiger partial charge is 0.493 e. The van der Waals surface area contributed by atoms with Crippen molar-refractivity contribution in [2.45, 2.75) is 13.2 Å². The molecule has 0 N–H and O–H groups in total. The highest BCUT2D eigenvalue weighted by Gasteiger charge is 2.19. The minimum absolute atomic E-state index is 0.145. The van der Waals surface area contributed by atoms with E-state index in [1.165, 1.54) is 38.5 Å². The summed E-state index contributed by atoms with van der Waals surface area (Å²) in [7, 11) is 2.94. The van der Waals surface area contributed by atoms with Gasteiger partial charge in [-0.15, -0.1) is 0 Å². The number of methoxy groups -OCH3 is 2. The van der Waals surface area contributed by atoms with E-state index in [1.807, 2.05) is 60.7 Å². The summed E-state index contributed by atoms with van der Waals surface area (Å²) in [6.07, 6.45) is 0. The van der Waals surface area contributed by atoms with Crippen LogP contribution in [0.25, 0.3) is 0 Å². The van der Waals surface area contributed by atoms with Crippen molar-refractivity contribution in [3.8, 4) is 23.0 Å². The van der Waals surface area contributed by atoms with Crippen molar-refractivity contribution < 1.29 is 33.3 Å². The SMILES string of the molecule is COc1cc(C(=O)OC(=O)c2ccc(OCc3ccccc3)c(OC)c2)ccc1OCc1ccccc1. The molecule has 188 valence electrons. The van der Waals surface area contributed by atoms with Gasteiger partial charge in [-0.1, -0.05) is 60.7 Å². The van der Waals surface area contributed by atoms with E-state index in [-0.39, 0.29) is 11.1 Å². The molecule has 0 aromatic heterocycles. The lowest BCUT2D eigenvalue weighted by atomic mass is 10.2. The molecular formula is C30H26O7. The fourth-order valence-corrected chi connectivity index (χ4v) is 3.50. The average Bonchev–Trinajstić information content (AvgIpc) is 2.95. The lowest BCUT2D eigenvalue weighted by molar-refractivity contribution is 0.0397. The molecule has 0 aliphatic heterocycles. The molecule has 0 unspecified atom stereocenters. The summed E-state index contributed by atoms with van der Waals surface area (Å²) in [5.74, 6) is -0.0171. The van der Waals surface area contributed by atoms with Crippen LogP contribution >= 0.6 is 0 Å². The van der Waals surface area contributed by atoms with Crippen LogP contribution in [0.2, 0.25) is 0 Å². The van der Waals surface area contributed by atoms with E-state index in [4.69, 9.17) is 23.7 Å². The molecule has 0 amide bonds. The van der Waals surface area contributed by atoms with Gasteiger partial charge in [0.1, 0.15) is 13.2 Å². The van der Waals surface area contributed by atoms with E-state index in [1.54, 1.807) is 12.1 Å². The van der Waals surface area contributed by atoms with Gasteiger partial charge in [0.2, 0.25) is 0 Å². The molecule has 0 fully saturated rings. The van der Waals surface area contributed by atoms with Crippen molar-refractivity contribution in [2.75, 3.05) is 14.2 Å². The quantitative estimate of drug-likeness (QED) is 0.200. The molecule has 7 nitrogen and oxygen atoms in total. The lowest BCUT2D eigenvalue weighted by Gasteiger charge is -2.13. The predicted molar refractivity (Wildman–Crippen MR) is 137 cm³/mol. The number of hydrogen-bond donors (Lipinski definition) is 0. The molecule has 37 heavy (non-hydrogen) atoms. The van der Waals surface area contributed by atoms with Crippen LogP contribution < -0.4 is 18.9 Å². The first-order valence-corrected chi connectivity index (χ1v) is 11.5. The summed E-state index contributed by atoms with van der Waals surface area (Å²) in [4.78, 5) is 25.3. The molecule has 0 radical (unpaired) electrons. The second-order valence-electron chi connectivity index (χ2n) is 7.96. The smallest absolute Gasteiger partial charge is 0.346 e. The molecule has 0 spiro atoms. The van der Waals surface area contributed by atoms with Gasteiger partial charge in [-0.2, -0.15) is 0 Å². The van der Waals surface area contributed by atoms with E-state index in [0.717, 1.165) is 11.1 Å². The zero-order chi connectivity index (χ0) is 26.0. The Morgan fingerprint density at radius 2 is 0.946 bits per heavy atom. The molecule has 4 aromatic rings. The Hall–Kier alpha value is -4.78. The zero-order valence-electron chi connectivity index (χ0n) is 20.5. The lowest BCUT2D eigenvalue weighted by Crippen LogP contribution is -2.13. The first kappa shape index (κ1) is 25.3. The Kier molecular flexibility index (Phi) is 8.39. The normalized spacial score (nSPS) is 10.3. The molecule has 0 aliphatic carbocycles. The van der Waals surface area contributed by atoms with E-state index in [2.05, 4.69) is 0 Å². The highest BCUT2D eigenvalue weighted by molar-refractivity contribution is 6.03. The van der Waals surface area contributed by atoms with Crippen molar-refractivity contribution in [1.29, 1.82) is 0 Å². The van der Waals surface area contributed by atoms with Gasteiger partial charge in [-0.25, -0.2) is 9.59 Å². The van der Waals surface area contributed by atoms with Crippen LogP contribution in [0, 0.1) is 0 Å². The minimum Gasteiger partial charge on any atom is -0.493 e. The average molecular weight is 499 g/mol. The number of ether oxygens (including phenoxy) is 5. The monoisotopic (exact) mass is 498 g/mol. The van der Waals surface area contributed by atoms with Gasteiger partial charge in [-0.3, -0.25) is 0 Å². The van der Waals surface area contributed by atoms with Crippen LogP contribution in [0.4, 0.5) is 0 Å². The van der Waals surface area contributed by atoms with Gasteiger partial charge in [0, 0.05) is 0 Å². The van der Waals surface area contributed by atoms with Crippen LogP contribution in [0.15, 0.2) is 97.1 Å². The Morgan fingerprint density at radius 3 is 1.32 bits per heavy atom. The number of benzene rings is 4. The maximum atomic E-state index is 12.7. The van der Waals surface area contributed by atoms with Gasteiger partial charge in [0.25, 0.3) is 0 Å². The van der Waals surface area contributed by atoms with Crippen LogP contribution in [-0.2, 0) is 18.0 Å². The molecule has 0 heterocycles. The molecule has 4 rings (SSSR count). The molecule has 7 heteroatoms. The van der Waals surface area contributed by atoms with E-state index in [0.29, 0.717) is 36.2 Å². The predicted octanol–water partition coefficient (Wildman–Crippen LogP) is 5.86. The van der Waals surface area contributed by atoms with Gasteiger partial charge >= 0.3 is 11.9 Å². The summed E-state index contributed by atoms with van der Waals surface area (Å²) in [6.45, 7) is 0.679. The molecule has 0 saturated carbocycles. The van der Waals surface area contributed by atoms with Crippen LogP contribution in [0.3, 0.4) is 0 Å². The summed E-state index contributed by atoms with van der Waals surface area (Å²) >= 11 is 0. The third-order valence-corrected chi connectivity index (χ3v) is 5.46. The van der Waals surface area contributed by atoms with Gasteiger partial charge in [0.15, 0.2) is 23.0 Å². The van der Waals surface area contributed by atoms with Crippen molar-refractivity contribution in [3.63, 3.8) is 0 Å². The van der Waals surface area contributed by atoms with Gasteiger partial charge < -0.3 is 23.7 Å². The maximum Gasteiger partial charge on any atom is 0.346 e. The highest BCUT2D eigenvalue weighted by atomic mass is 16.6. The third-order valence-electron chi connectivity index (χ3n) is 5.46. The zero-order valence-corrected chi connectivity index (χ0v) is 20.5. The number of carbonyl (C=O) groups is 2. The second-order valence-corrected chi connectivity index (χ2v) is 7.96. The number of hydrogen-bond acceptors (Lipinski definition) is 7. The van der Waals surface area contributed by atoms with E-state index in [9.17, 15) is 9.59 Å². The minimum atomic E-state index is -0.818. The Morgan fingerprint density at radius 1 is 0.541 bits per heavy atom. The summed E-state index contributed by atoms with van der Waals surface area (Å²) in [6, 6.07) is 28.5. The molecule has 0 aliphatic rings. The van der Waals surface area contributed by atoms with E-state index < -0.39 is 11.9 Å².